The van der Waals surface area contributed by atoms with Crippen LogP contribution in [0.25, 0.3) is 0 Å². The van der Waals surface area contributed by atoms with Crippen molar-refractivity contribution < 1.29 is 9.84 Å². The molecule has 0 saturated carbocycles. The van der Waals surface area contributed by atoms with E-state index in [2.05, 4.69) is 17.0 Å². The largest absolute Gasteiger partial charge is 0.390 e. The van der Waals surface area contributed by atoms with Crippen LogP contribution in [0.3, 0.4) is 0 Å². The van der Waals surface area contributed by atoms with Gasteiger partial charge in [0.15, 0.2) is 0 Å². The summed E-state index contributed by atoms with van der Waals surface area (Å²) in [7, 11) is 1.75. The number of nitrogens with zero attached hydrogens (tertiary/aromatic N) is 1. The minimum Gasteiger partial charge on any atom is -0.390 e. The maximum Gasteiger partial charge on any atom is 0.0820 e. The molecule has 3 N–H and O–H groups in total. The second kappa shape index (κ2) is 8.49. The van der Waals surface area contributed by atoms with E-state index in [-0.39, 0.29) is 6.04 Å². The number of hydrogen-bond acceptors (Lipinski definition) is 4. The first-order valence-corrected chi connectivity index (χ1v) is 7.88. The number of benzene rings is 1. The fraction of sp³-hybridized carbons (Fsp3) is 0.647. The fourth-order valence-electron chi connectivity index (χ4n) is 3.11. The molecule has 1 aliphatic heterocycles. The average Bonchev–Trinajstić information content (AvgIpc) is 2.49. The highest BCUT2D eigenvalue weighted by atomic mass is 16.5. The van der Waals surface area contributed by atoms with Crippen LogP contribution in [0.1, 0.15) is 18.4 Å². The molecule has 1 heterocycles. The topological polar surface area (TPSA) is 58.7 Å². The van der Waals surface area contributed by atoms with Crippen molar-refractivity contribution in [2.24, 2.45) is 11.7 Å². The lowest BCUT2D eigenvalue weighted by Gasteiger charge is -2.34. The van der Waals surface area contributed by atoms with E-state index in [1.807, 2.05) is 18.2 Å². The molecule has 118 valence electrons. The summed E-state index contributed by atoms with van der Waals surface area (Å²) in [5, 5.41) is 10.3. The summed E-state index contributed by atoms with van der Waals surface area (Å²) < 4.78 is 5.25. The predicted octanol–water partition coefficient (Wildman–Crippen LogP) is 1.28. The molecule has 0 aliphatic carbocycles. The first kappa shape index (κ1) is 16.4. The maximum atomic E-state index is 10.3. The zero-order valence-corrected chi connectivity index (χ0v) is 12.9. The molecular weight excluding hydrogens is 264 g/mol. The molecule has 1 fully saturated rings. The number of β-amino-alcohol motifs (C(OH)–C–C–N with tert-alkyl or cyclic N) is 1. The van der Waals surface area contributed by atoms with Crippen molar-refractivity contribution in [1.82, 2.24) is 4.90 Å². The highest BCUT2D eigenvalue weighted by Gasteiger charge is 2.24. The zero-order chi connectivity index (χ0) is 15.1. The van der Waals surface area contributed by atoms with Crippen LogP contribution in [0.5, 0.6) is 0 Å². The monoisotopic (exact) mass is 292 g/mol. The Bertz CT molecular complexity index is 397. The zero-order valence-electron chi connectivity index (χ0n) is 12.9. The molecular formula is C17H28N2O2. The van der Waals surface area contributed by atoms with Crippen molar-refractivity contribution in [2.75, 3.05) is 33.4 Å². The van der Waals surface area contributed by atoms with Crippen LogP contribution in [0.15, 0.2) is 30.3 Å². The Labute approximate surface area is 127 Å². The summed E-state index contributed by atoms with van der Waals surface area (Å²) >= 11 is 0. The molecule has 0 amide bonds. The highest BCUT2D eigenvalue weighted by molar-refractivity contribution is 5.16. The normalized spacial score (nSPS) is 22.9. The summed E-state index contributed by atoms with van der Waals surface area (Å²) in [4.78, 5) is 2.32. The van der Waals surface area contributed by atoms with Gasteiger partial charge in [-0.3, -0.25) is 0 Å². The molecule has 0 radical (unpaired) electrons. The lowest BCUT2D eigenvalue weighted by atomic mass is 9.97. The first-order chi connectivity index (χ1) is 10.2. The second-order valence-electron chi connectivity index (χ2n) is 6.14. The Morgan fingerprint density at radius 1 is 1.38 bits per heavy atom. The van der Waals surface area contributed by atoms with Crippen LogP contribution in [0, 0.1) is 5.92 Å². The third-order valence-electron chi connectivity index (χ3n) is 4.26. The van der Waals surface area contributed by atoms with Gasteiger partial charge >= 0.3 is 0 Å². The van der Waals surface area contributed by atoms with Crippen molar-refractivity contribution in [3.8, 4) is 0 Å². The van der Waals surface area contributed by atoms with Crippen molar-refractivity contribution in [3.63, 3.8) is 0 Å². The summed E-state index contributed by atoms with van der Waals surface area (Å²) in [5.41, 5.74) is 7.34. The molecule has 0 aromatic heterocycles. The molecule has 21 heavy (non-hydrogen) atoms. The van der Waals surface area contributed by atoms with Gasteiger partial charge in [-0.2, -0.15) is 0 Å². The smallest absolute Gasteiger partial charge is 0.0820 e. The number of hydrogen-bond donors (Lipinski definition) is 2. The van der Waals surface area contributed by atoms with E-state index in [0.29, 0.717) is 12.5 Å². The number of nitrogens with two attached hydrogens (primary N) is 1. The Hall–Kier alpha value is -0.940. The molecule has 4 nitrogen and oxygen atoms in total. The van der Waals surface area contributed by atoms with E-state index in [1.165, 1.54) is 18.4 Å². The highest BCUT2D eigenvalue weighted by Crippen LogP contribution is 2.17. The first-order valence-electron chi connectivity index (χ1n) is 7.88. The van der Waals surface area contributed by atoms with Crippen LogP contribution >= 0.6 is 0 Å². The number of ether oxygens (including phenoxy) is 1. The summed E-state index contributed by atoms with van der Waals surface area (Å²) in [6.07, 6.45) is 2.63. The molecule has 3 atom stereocenters. The quantitative estimate of drug-likeness (QED) is 0.795. The van der Waals surface area contributed by atoms with Crippen LogP contribution in [-0.2, 0) is 11.2 Å². The van der Waals surface area contributed by atoms with Gasteiger partial charge in [0.2, 0.25) is 0 Å². The minimum absolute atomic E-state index is 0.213. The fourth-order valence-corrected chi connectivity index (χ4v) is 3.11. The standard InChI is InChI=1S/C17H28N2O2/c1-21-13-15-8-5-9-19(11-15)12-17(20)16(18)10-14-6-3-2-4-7-14/h2-4,6-7,15-17,20H,5,8-13,18H2,1H3. The van der Waals surface area contributed by atoms with Crippen LogP contribution < -0.4 is 5.73 Å². The van der Waals surface area contributed by atoms with Gasteiger partial charge in [0, 0.05) is 26.2 Å². The number of aliphatic hydroxyl groups is 1. The van der Waals surface area contributed by atoms with Crippen molar-refractivity contribution in [2.45, 2.75) is 31.4 Å². The molecule has 1 saturated heterocycles. The van der Waals surface area contributed by atoms with Gasteiger partial charge < -0.3 is 20.5 Å². The molecule has 4 heteroatoms. The minimum atomic E-state index is -0.480. The van der Waals surface area contributed by atoms with E-state index >= 15 is 0 Å². The number of aliphatic hydroxyl groups excluding tert-OH is 1. The van der Waals surface area contributed by atoms with Crippen LogP contribution in [0.2, 0.25) is 0 Å². The van der Waals surface area contributed by atoms with Gasteiger partial charge in [-0.25, -0.2) is 0 Å². The Kier molecular flexibility index (Phi) is 6.64. The summed E-state index contributed by atoms with van der Waals surface area (Å²) in [6.45, 7) is 3.52. The SMILES string of the molecule is COCC1CCCN(CC(O)C(N)Cc2ccccc2)C1. The van der Waals surface area contributed by atoms with E-state index in [0.717, 1.165) is 26.1 Å². The van der Waals surface area contributed by atoms with E-state index in [9.17, 15) is 5.11 Å². The van der Waals surface area contributed by atoms with E-state index in [4.69, 9.17) is 10.5 Å². The Balaban J connectivity index is 1.78. The van der Waals surface area contributed by atoms with Crippen LogP contribution in [-0.4, -0.2) is 55.5 Å². The lowest BCUT2D eigenvalue weighted by molar-refractivity contribution is 0.0473. The van der Waals surface area contributed by atoms with Gasteiger partial charge in [-0.1, -0.05) is 30.3 Å². The molecule has 3 unspecified atom stereocenters. The Morgan fingerprint density at radius 2 is 2.14 bits per heavy atom. The van der Waals surface area contributed by atoms with Gasteiger partial charge in [0.25, 0.3) is 0 Å². The van der Waals surface area contributed by atoms with E-state index < -0.39 is 6.10 Å². The van der Waals surface area contributed by atoms with Gasteiger partial charge in [-0.15, -0.1) is 0 Å². The third-order valence-corrected chi connectivity index (χ3v) is 4.26. The maximum absolute atomic E-state index is 10.3. The molecule has 1 aromatic carbocycles. The van der Waals surface area contributed by atoms with E-state index in [1.54, 1.807) is 7.11 Å². The molecule has 1 aromatic rings. The van der Waals surface area contributed by atoms with Crippen molar-refractivity contribution in [1.29, 1.82) is 0 Å². The summed E-state index contributed by atoms with van der Waals surface area (Å²) in [6, 6.07) is 9.91. The van der Waals surface area contributed by atoms with Crippen molar-refractivity contribution in [3.05, 3.63) is 35.9 Å². The summed E-state index contributed by atoms with van der Waals surface area (Å²) in [5.74, 6) is 0.585. The molecule has 2 rings (SSSR count). The van der Waals surface area contributed by atoms with Gasteiger partial charge in [0.1, 0.15) is 0 Å². The molecule has 0 bridgehead atoms. The lowest BCUT2D eigenvalue weighted by Crippen LogP contribution is -2.47. The van der Waals surface area contributed by atoms with Crippen molar-refractivity contribution >= 4 is 0 Å². The number of likely N-dealkylation sites (tertiary alicyclic amines) is 1. The second-order valence-corrected chi connectivity index (χ2v) is 6.14. The van der Waals surface area contributed by atoms with Crippen LogP contribution in [0.4, 0.5) is 0 Å². The predicted molar refractivity (Wildman–Crippen MR) is 85.2 cm³/mol. The average molecular weight is 292 g/mol. The number of rotatable bonds is 7. The third kappa shape index (κ3) is 5.40. The molecule has 1 aliphatic rings. The van der Waals surface area contributed by atoms with Gasteiger partial charge in [0.05, 0.1) is 12.7 Å². The molecule has 0 spiro atoms. The number of piperidine rings is 1. The van der Waals surface area contributed by atoms with Gasteiger partial charge in [-0.05, 0) is 37.3 Å². The Morgan fingerprint density at radius 3 is 2.86 bits per heavy atom. The number of methoxy groups -OCH3 is 1.